The average Bonchev–Trinajstić information content (AvgIpc) is 2.37. The van der Waals surface area contributed by atoms with Gasteiger partial charge in [0.1, 0.15) is 0 Å². The van der Waals surface area contributed by atoms with E-state index >= 15 is 0 Å². The number of para-hydroxylation sites is 1. The molecule has 80 valence electrons. The summed E-state index contributed by atoms with van der Waals surface area (Å²) in [4.78, 5) is 4.75. The Morgan fingerprint density at radius 1 is 1.12 bits per heavy atom. The lowest BCUT2D eigenvalue weighted by Crippen LogP contribution is -2.33. The second-order valence-corrected chi connectivity index (χ2v) is 4.56. The summed E-state index contributed by atoms with van der Waals surface area (Å²) in [6.45, 7) is 0. The van der Waals surface area contributed by atoms with E-state index in [4.69, 9.17) is 4.98 Å². The number of benzene rings is 1. The van der Waals surface area contributed by atoms with E-state index in [1.165, 1.54) is 21.8 Å². The van der Waals surface area contributed by atoms with E-state index in [0.29, 0.717) is 0 Å². The number of allylic oxidation sites excluding steroid dienone is 4. The second-order valence-electron chi connectivity index (χ2n) is 4.56. The largest absolute Gasteiger partial charge is 0.248 e. The molecule has 2 aromatic rings. The van der Waals surface area contributed by atoms with E-state index in [1.54, 1.807) is 0 Å². The smallest absolute Gasteiger partial charge is 0.0715 e. The van der Waals surface area contributed by atoms with Crippen molar-refractivity contribution in [1.82, 2.24) is 4.98 Å². The average molecular weight is 217 g/mol. The summed E-state index contributed by atoms with van der Waals surface area (Å²) in [5.41, 5.74) is 3.82. The third kappa shape index (κ3) is 1.29. The minimum Gasteiger partial charge on any atom is -0.248 e. The van der Waals surface area contributed by atoms with Crippen LogP contribution in [0.5, 0.6) is 0 Å². The van der Waals surface area contributed by atoms with Gasteiger partial charge in [0.25, 0.3) is 0 Å². The van der Waals surface area contributed by atoms with Crippen molar-refractivity contribution in [1.29, 1.82) is 0 Å². The molecule has 0 atom stereocenters. The first-order chi connectivity index (χ1) is 8.40. The lowest BCUT2D eigenvalue weighted by Gasteiger charge is -2.13. The van der Waals surface area contributed by atoms with E-state index in [9.17, 15) is 0 Å². The molecule has 2 aliphatic carbocycles. The van der Waals surface area contributed by atoms with Gasteiger partial charge >= 0.3 is 0 Å². The summed E-state index contributed by atoms with van der Waals surface area (Å²) in [5.74, 6) is 0. The van der Waals surface area contributed by atoms with Gasteiger partial charge in [-0.05, 0) is 35.8 Å². The van der Waals surface area contributed by atoms with Crippen LogP contribution in [0, 0.1) is 0 Å². The lowest BCUT2D eigenvalue weighted by atomic mass is 9.93. The monoisotopic (exact) mass is 217 g/mol. The maximum absolute atomic E-state index is 4.75. The zero-order chi connectivity index (χ0) is 11.2. The standard InChI is InChI=1S/C16H11N/c1-2-7-15-13(5-1)10-14-12-6-3-4-11(8-12)9-16(14)17-15/h1-7,9-10H,8H2. The normalized spacial score (nSPS) is 16.5. The van der Waals surface area contributed by atoms with Gasteiger partial charge in [-0.3, -0.25) is 0 Å². The van der Waals surface area contributed by atoms with Gasteiger partial charge in [0.2, 0.25) is 0 Å². The van der Waals surface area contributed by atoms with Gasteiger partial charge in [0, 0.05) is 10.6 Å². The van der Waals surface area contributed by atoms with Crippen molar-refractivity contribution in [3.63, 3.8) is 0 Å². The fraction of sp³-hybridized carbons (Fsp3) is 0.0625. The van der Waals surface area contributed by atoms with Gasteiger partial charge in [-0.1, -0.05) is 36.4 Å². The Bertz CT molecular complexity index is 807. The van der Waals surface area contributed by atoms with E-state index in [-0.39, 0.29) is 0 Å². The molecular weight excluding hydrogens is 206 g/mol. The molecule has 0 unspecified atom stereocenters. The highest BCUT2D eigenvalue weighted by Gasteiger charge is 2.10. The number of hydrogen-bond acceptors (Lipinski definition) is 1. The van der Waals surface area contributed by atoms with Crippen LogP contribution in [-0.4, -0.2) is 4.98 Å². The summed E-state index contributed by atoms with van der Waals surface area (Å²) in [6, 6.07) is 10.6. The van der Waals surface area contributed by atoms with Crippen molar-refractivity contribution in [2.75, 3.05) is 0 Å². The van der Waals surface area contributed by atoms with Crippen LogP contribution in [0.4, 0.5) is 0 Å². The SMILES string of the molecule is C1=CC2=c3cc4ccccc4nc3=CC(=C1)C2. The number of fused-ring (bicyclic) bond motifs is 4. The number of hydrogen-bond donors (Lipinski definition) is 0. The molecule has 4 rings (SSSR count). The Labute approximate surface area is 99.1 Å². The molecular formula is C16H11N. The zero-order valence-electron chi connectivity index (χ0n) is 9.35. The van der Waals surface area contributed by atoms with Crippen molar-refractivity contribution in [3.05, 3.63) is 64.7 Å². The molecule has 1 heteroatoms. The van der Waals surface area contributed by atoms with E-state index in [0.717, 1.165) is 17.3 Å². The van der Waals surface area contributed by atoms with Gasteiger partial charge < -0.3 is 0 Å². The molecule has 1 heterocycles. The zero-order valence-corrected chi connectivity index (χ0v) is 9.35. The van der Waals surface area contributed by atoms with E-state index in [1.807, 2.05) is 6.07 Å². The van der Waals surface area contributed by atoms with Crippen LogP contribution >= 0.6 is 0 Å². The van der Waals surface area contributed by atoms with Gasteiger partial charge in [-0.25, -0.2) is 4.98 Å². The maximum Gasteiger partial charge on any atom is 0.0715 e. The topological polar surface area (TPSA) is 12.9 Å². The number of nitrogens with zero attached hydrogens (tertiary/aromatic N) is 1. The molecule has 0 fully saturated rings. The maximum atomic E-state index is 4.75. The summed E-state index contributed by atoms with van der Waals surface area (Å²) in [7, 11) is 0. The van der Waals surface area contributed by atoms with Crippen LogP contribution in [0.25, 0.3) is 22.6 Å². The molecule has 1 nitrogen and oxygen atoms in total. The molecule has 2 aliphatic rings. The van der Waals surface area contributed by atoms with Crippen LogP contribution in [0.15, 0.2) is 54.1 Å². The van der Waals surface area contributed by atoms with Gasteiger partial charge in [-0.2, -0.15) is 0 Å². The Morgan fingerprint density at radius 2 is 2.06 bits per heavy atom. The molecule has 0 N–H and O–H groups in total. The Morgan fingerprint density at radius 3 is 3.06 bits per heavy atom. The fourth-order valence-electron chi connectivity index (χ4n) is 2.58. The third-order valence-corrected chi connectivity index (χ3v) is 3.42. The van der Waals surface area contributed by atoms with Crippen molar-refractivity contribution in [2.45, 2.75) is 6.42 Å². The van der Waals surface area contributed by atoms with Crippen LogP contribution in [0.3, 0.4) is 0 Å². The third-order valence-electron chi connectivity index (χ3n) is 3.42. The van der Waals surface area contributed by atoms with Gasteiger partial charge in [0.05, 0.1) is 10.9 Å². The van der Waals surface area contributed by atoms with Crippen molar-refractivity contribution in [3.8, 4) is 0 Å². The summed E-state index contributed by atoms with van der Waals surface area (Å²) < 4.78 is 0. The van der Waals surface area contributed by atoms with Crippen LogP contribution in [0.1, 0.15) is 6.42 Å². The van der Waals surface area contributed by atoms with Crippen molar-refractivity contribution >= 4 is 22.6 Å². The van der Waals surface area contributed by atoms with Gasteiger partial charge in [-0.15, -0.1) is 0 Å². The van der Waals surface area contributed by atoms with Gasteiger partial charge in [0.15, 0.2) is 0 Å². The first-order valence-electron chi connectivity index (χ1n) is 5.88. The molecule has 0 saturated heterocycles. The molecule has 0 radical (unpaired) electrons. The van der Waals surface area contributed by atoms with E-state index in [2.05, 4.69) is 48.6 Å². The summed E-state index contributed by atoms with van der Waals surface area (Å²) in [5, 5.41) is 3.62. The van der Waals surface area contributed by atoms with Crippen molar-refractivity contribution < 1.29 is 0 Å². The minimum absolute atomic E-state index is 1.05. The Balaban J connectivity index is 2.25. The van der Waals surface area contributed by atoms with Crippen molar-refractivity contribution in [2.24, 2.45) is 0 Å². The molecule has 1 aromatic heterocycles. The molecule has 17 heavy (non-hydrogen) atoms. The predicted octanol–water partition coefficient (Wildman–Crippen LogP) is 2.07. The van der Waals surface area contributed by atoms with Crippen LogP contribution < -0.4 is 10.6 Å². The lowest BCUT2D eigenvalue weighted by molar-refractivity contribution is 1.19. The Hall–Kier alpha value is -2.15. The second kappa shape index (κ2) is 3.17. The summed E-state index contributed by atoms with van der Waals surface area (Å²) >= 11 is 0. The Kier molecular flexibility index (Phi) is 1.67. The molecule has 0 spiro atoms. The first kappa shape index (κ1) is 8.94. The summed E-state index contributed by atoms with van der Waals surface area (Å²) in [6.07, 6.45) is 9.75. The van der Waals surface area contributed by atoms with E-state index < -0.39 is 0 Å². The highest BCUT2D eigenvalue weighted by atomic mass is 14.7. The quantitative estimate of drug-likeness (QED) is 0.658. The fourth-order valence-corrected chi connectivity index (χ4v) is 2.58. The molecule has 1 aromatic carbocycles. The van der Waals surface area contributed by atoms with Crippen LogP contribution in [0.2, 0.25) is 0 Å². The number of aromatic nitrogens is 1. The molecule has 0 saturated carbocycles. The molecule has 0 aliphatic heterocycles. The predicted molar refractivity (Wildman–Crippen MR) is 70.7 cm³/mol. The molecule has 2 bridgehead atoms. The minimum atomic E-state index is 1.05. The highest BCUT2D eigenvalue weighted by Crippen LogP contribution is 2.20. The highest BCUT2D eigenvalue weighted by molar-refractivity contribution is 5.81. The number of rotatable bonds is 0. The molecule has 0 amide bonds. The first-order valence-corrected chi connectivity index (χ1v) is 5.88. The van der Waals surface area contributed by atoms with Crippen LogP contribution in [-0.2, 0) is 0 Å². The number of pyridine rings is 1.